The number of sulfone groups is 1. The van der Waals surface area contributed by atoms with Crippen LogP contribution in [0.4, 0.5) is 4.39 Å². The van der Waals surface area contributed by atoms with Crippen LogP contribution in [0.15, 0.2) is 24.3 Å². The van der Waals surface area contributed by atoms with E-state index in [0.717, 1.165) is 0 Å². The molecule has 0 aliphatic carbocycles. The maximum atomic E-state index is 12.4. The van der Waals surface area contributed by atoms with E-state index in [9.17, 15) is 12.8 Å². The third-order valence-electron chi connectivity index (χ3n) is 1.30. The van der Waals surface area contributed by atoms with Crippen LogP contribution in [0.3, 0.4) is 0 Å². The second-order valence-electron chi connectivity index (χ2n) is 2.51. The first-order valence-electron chi connectivity index (χ1n) is 3.27. The molecule has 0 aromatic heterocycles. The van der Waals surface area contributed by atoms with Crippen LogP contribution >= 0.6 is 0 Å². The maximum Gasteiger partial charge on any atom is 0.155 e. The largest absolute Gasteiger partial charge is 0.228 e. The van der Waals surface area contributed by atoms with Crippen LogP contribution in [0.1, 0.15) is 5.56 Å². The fourth-order valence-corrected chi connectivity index (χ4v) is 1.53. The summed E-state index contributed by atoms with van der Waals surface area (Å²) in [4.78, 5) is 0. The Morgan fingerprint density at radius 2 is 1.75 bits per heavy atom. The van der Waals surface area contributed by atoms with E-state index in [4.69, 9.17) is 0 Å². The molecule has 0 N–H and O–H groups in total. The summed E-state index contributed by atoms with van der Waals surface area (Å²) in [5, 5.41) is 0. The van der Waals surface area contributed by atoms with Crippen molar-refractivity contribution in [2.45, 2.75) is 5.75 Å². The van der Waals surface area contributed by atoms with E-state index in [1.807, 2.05) is 0 Å². The maximum absolute atomic E-state index is 12.4. The lowest BCUT2D eigenvalue weighted by molar-refractivity contribution is 0.603. The molecule has 0 atom stereocenters. The first-order chi connectivity index (χ1) is 5.47. The standard InChI is InChI=1S/C8H8FO2S/c1-12(10,11)6-7-2-4-8(9)5-3-7/h2-5H,1,6H2. The molecule has 0 saturated heterocycles. The van der Waals surface area contributed by atoms with Gasteiger partial charge in [0.15, 0.2) is 9.84 Å². The number of hydrogen-bond donors (Lipinski definition) is 0. The van der Waals surface area contributed by atoms with E-state index >= 15 is 0 Å². The molecule has 0 bridgehead atoms. The number of rotatable bonds is 2. The van der Waals surface area contributed by atoms with Crippen LogP contribution in [0.25, 0.3) is 0 Å². The van der Waals surface area contributed by atoms with Gasteiger partial charge in [-0.1, -0.05) is 12.1 Å². The molecule has 65 valence electrons. The van der Waals surface area contributed by atoms with E-state index in [0.29, 0.717) is 5.56 Å². The van der Waals surface area contributed by atoms with E-state index in [2.05, 4.69) is 6.26 Å². The van der Waals surface area contributed by atoms with Gasteiger partial charge in [0, 0.05) is 0 Å². The minimum atomic E-state index is -3.26. The van der Waals surface area contributed by atoms with E-state index in [-0.39, 0.29) is 11.6 Å². The van der Waals surface area contributed by atoms with E-state index < -0.39 is 9.84 Å². The molecule has 0 unspecified atom stereocenters. The summed E-state index contributed by atoms with van der Waals surface area (Å²) in [6.07, 6.45) is 2.97. The Hall–Kier alpha value is -0.900. The number of halogens is 1. The van der Waals surface area contributed by atoms with Crippen molar-refractivity contribution < 1.29 is 12.8 Å². The summed E-state index contributed by atoms with van der Waals surface area (Å²) in [6, 6.07) is 5.30. The molecule has 0 spiro atoms. The first-order valence-corrected chi connectivity index (χ1v) is 5.10. The zero-order valence-electron chi connectivity index (χ0n) is 6.33. The summed E-state index contributed by atoms with van der Waals surface area (Å²) in [5.41, 5.74) is 0.548. The highest BCUT2D eigenvalue weighted by Gasteiger charge is 2.03. The fraction of sp³-hybridized carbons (Fsp3) is 0.125. The molecule has 1 rings (SSSR count). The summed E-state index contributed by atoms with van der Waals surface area (Å²) in [6.45, 7) is 0. The Labute approximate surface area is 71.0 Å². The predicted octanol–water partition coefficient (Wildman–Crippen LogP) is 1.53. The molecule has 12 heavy (non-hydrogen) atoms. The summed E-state index contributed by atoms with van der Waals surface area (Å²) in [7, 11) is -3.26. The normalized spacial score (nSPS) is 11.5. The fourth-order valence-electron chi connectivity index (χ4n) is 0.835. The van der Waals surface area contributed by atoms with Gasteiger partial charge < -0.3 is 0 Å². The highest BCUT2D eigenvalue weighted by atomic mass is 32.2. The molecule has 0 heterocycles. The topological polar surface area (TPSA) is 34.1 Å². The molecule has 1 radical (unpaired) electrons. The van der Waals surface area contributed by atoms with Gasteiger partial charge in [0.25, 0.3) is 0 Å². The van der Waals surface area contributed by atoms with Crippen molar-refractivity contribution in [3.63, 3.8) is 0 Å². The lowest BCUT2D eigenvalue weighted by Crippen LogP contribution is -1.97. The molecule has 2 nitrogen and oxygen atoms in total. The molecular formula is C8H8FO2S. The zero-order valence-corrected chi connectivity index (χ0v) is 7.14. The van der Waals surface area contributed by atoms with Crippen LogP contribution in [-0.2, 0) is 15.6 Å². The van der Waals surface area contributed by atoms with E-state index in [1.54, 1.807) is 0 Å². The molecule has 0 fully saturated rings. The van der Waals surface area contributed by atoms with Gasteiger partial charge in [0.2, 0.25) is 0 Å². The SMILES string of the molecule is [CH2]S(=O)(=O)Cc1ccc(F)cc1. The van der Waals surface area contributed by atoms with Crippen LogP contribution in [0.5, 0.6) is 0 Å². The Morgan fingerprint density at radius 3 is 2.17 bits per heavy atom. The van der Waals surface area contributed by atoms with Crippen molar-refractivity contribution in [2.75, 3.05) is 0 Å². The third-order valence-corrected chi connectivity index (χ3v) is 2.07. The van der Waals surface area contributed by atoms with Crippen molar-refractivity contribution in [1.29, 1.82) is 0 Å². The first kappa shape index (κ1) is 9.19. The third kappa shape index (κ3) is 3.00. The lowest BCUT2D eigenvalue weighted by Gasteiger charge is -1.97. The van der Waals surface area contributed by atoms with Gasteiger partial charge >= 0.3 is 0 Å². The lowest BCUT2D eigenvalue weighted by atomic mass is 10.2. The molecular weight excluding hydrogens is 179 g/mol. The minimum Gasteiger partial charge on any atom is -0.228 e. The van der Waals surface area contributed by atoms with Crippen LogP contribution < -0.4 is 0 Å². The summed E-state index contributed by atoms with van der Waals surface area (Å²) in [5.74, 6) is -0.520. The van der Waals surface area contributed by atoms with Gasteiger partial charge in [-0.3, -0.25) is 0 Å². The smallest absolute Gasteiger partial charge is 0.155 e. The Balaban J connectivity index is 2.85. The Morgan fingerprint density at radius 1 is 1.25 bits per heavy atom. The van der Waals surface area contributed by atoms with Gasteiger partial charge in [-0.15, -0.1) is 0 Å². The van der Waals surface area contributed by atoms with Crippen molar-refractivity contribution in [1.82, 2.24) is 0 Å². The van der Waals surface area contributed by atoms with Gasteiger partial charge in [-0.25, -0.2) is 12.8 Å². The van der Waals surface area contributed by atoms with E-state index in [1.165, 1.54) is 24.3 Å². The second kappa shape index (κ2) is 3.23. The van der Waals surface area contributed by atoms with Gasteiger partial charge in [-0.05, 0) is 17.7 Å². The highest BCUT2D eigenvalue weighted by molar-refractivity contribution is 7.91. The predicted molar refractivity (Wildman–Crippen MR) is 44.4 cm³/mol. The molecule has 0 aliphatic rings. The summed E-state index contributed by atoms with van der Waals surface area (Å²) < 4.78 is 33.7. The van der Waals surface area contributed by atoms with Gasteiger partial charge in [-0.2, -0.15) is 0 Å². The Kier molecular flexibility index (Phi) is 2.47. The van der Waals surface area contributed by atoms with Crippen molar-refractivity contribution in [2.24, 2.45) is 0 Å². The molecule has 0 aliphatic heterocycles. The average molecular weight is 187 g/mol. The Bertz CT molecular complexity index is 353. The van der Waals surface area contributed by atoms with Crippen molar-refractivity contribution in [3.8, 4) is 0 Å². The van der Waals surface area contributed by atoms with Gasteiger partial charge in [0.1, 0.15) is 5.82 Å². The van der Waals surface area contributed by atoms with Crippen LogP contribution in [-0.4, -0.2) is 8.42 Å². The highest BCUT2D eigenvalue weighted by Crippen LogP contribution is 2.06. The monoisotopic (exact) mass is 187 g/mol. The molecule has 1 aromatic carbocycles. The van der Waals surface area contributed by atoms with Gasteiger partial charge in [0.05, 0.1) is 12.0 Å². The van der Waals surface area contributed by atoms with Crippen LogP contribution in [0, 0.1) is 12.1 Å². The summed E-state index contributed by atoms with van der Waals surface area (Å²) >= 11 is 0. The zero-order chi connectivity index (χ0) is 9.19. The molecule has 1 aromatic rings. The van der Waals surface area contributed by atoms with Crippen LogP contribution in [0.2, 0.25) is 0 Å². The van der Waals surface area contributed by atoms with Crippen molar-refractivity contribution >= 4 is 9.84 Å². The molecule has 4 heteroatoms. The second-order valence-corrected chi connectivity index (χ2v) is 4.29. The quantitative estimate of drug-likeness (QED) is 0.703. The van der Waals surface area contributed by atoms with Crippen molar-refractivity contribution in [3.05, 3.63) is 41.9 Å². The molecule has 0 saturated carbocycles. The number of benzene rings is 1. The average Bonchev–Trinajstić information content (AvgIpc) is 1.91. The molecule has 0 amide bonds. The minimum absolute atomic E-state index is 0.146. The number of hydrogen-bond acceptors (Lipinski definition) is 2.